The first-order valence-electron chi connectivity index (χ1n) is 11.5. The number of aromatic hydroxyl groups is 2. The maximum atomic E-state index is 13.7. The highest BCUT2D eigenvalue weighted by Gasteiger charge is 2.27. The number of para-hydroxylation sites is 3. The number of rotatable bonds is 6. The number of fused-ring (bicyclic) bond motifs is 2. The van der Waals surface area contributed by atoms with Crippen LogP contribution in [0.2, 0.25) is 0 Å². The van der Waals surface area contributed by atoms with E-state index in [1.54, 1.807) is 61.6 Å². The van der Waals surface area contributed by atoms with Crippen LogP contribution < -0.4 is 16.6 Å². The molecule has 0 amide bonds. The van der Waals surface area contributed by atoms with Gasteiger partial charge in [-0.1, -0.05) is 54.6 Å². The van der Waals surface area contributed by atoms with Gasteiger partial charge in [0.05, 0.1) is 22.9 Å². The summed E-state index contributed by atoms with van der Waals surface area (Å²) in [5.41, 5.74) is 7.37. The lowest BCUT2D eigenvalue weighted by Gasteiger charge is -2.24. The van der Waals surface area contributed by atoms with E-state index in [9.17, 15) is 19.8 Å². The minimum Gasteiger partial charge on any atom is -0.508 e. The van der Waals surface area contributed by atoms with Gasteiger partial charge in [-0.15, -0.1) is 0 Å². The molecule has 0 bridgehead atoms. The third-order valence-electron chi connectivity index (χ3n) is 6.53. The van der Waals surface area contributed by atoms with Crippen LogP contribution in [0.15, 0.2) is 89.7 Å². The highest BCUT2D eigenvalue weighted by molar-refractivity contribution is 6.04. The number of aryl methyl sites for hydroxylation is 1. The molecule has 4 aromatic carbocycles. The number of carbonyl (C=O) groups excluding carboxylic acids is 1. The zero-order valence-electron chi connectivity index (χ0n) is 19.6. The molecule has 0 aliphatic heterocycles. The van der Waals surface area contributed by atoms with E-state index in [0.717, 1.165) is 10.8 Å². The molecule has 5 rings (SSSR count). The summed E-state index contributed by atoms with van der Waals surface area (Å²) >= 11 is 0. The van der Waals surface area contributed by atoms with Crippen LogP contribution >= 0.6 is 0 Å². The third kappa shape index (κ3) is 3.90. The fraction of sp³-hybridized carbons (Fsp3) is 0.103. The van der Waals surface area contributed by atoms with Gasteiger partial charge in [0.1, 0.15) is 17.1 Å². The molecule has 0 fully saturated rings. The topological polar surface area (TPSA) is 118 Å². The molecule has 0 saturated carbocycles. The summed E-state index contributed by atoms with van der Waals surface area (Å²) in [5, 5.41) is 27.2. The van der Waals surface area contributed by atoms with Crippen molar-refractivity contribution in [3.8, 4) is 11.5 Å². The van der Waals surface area contributed by atoms with Crippen molar-refractivity contribution in [2.45, 2.75) is 12.5 Å². The van der Waals surface area contributed by atoms with Gasteiger partial charge in [0.15, 0.2) is 5.78 Å². The third-order valence-corrected chi connectivity index (χ3v) is 6.53. The molecule has 36 heavy (non-hydrogen) atoms. The quantitative estimate of drug-likeness (QED) is 0.199. The number of nitrogens with two attached hydrogens (primary N) is 1. The lowest BCUT2D eigenvalue weighted by Crippen LogP contribution is -2.27. The van der Waals surface area contributed by atoms with Gasteiger partial charge in [-0.25, -0.2) is 0 Å². The summed E-state index contributed by atoms with van der Waals surface area (Å²) in [6.45, 7) is 0. The van der Waals surface area contributed by atoms with Gasteiger partial charge in [0.25, 0.3) is 5.56 Å². The van der Waals surface area contributed by atoms with Crippen molar-refractivity contribution in [1.29, 1.82) is 0 Å². The van der Waals surface area contributed by atoms with Gasteiger partial charge < -0.3 is 25.8 Å². The Balaban J connectivity index is 1.66. The van der Waals surface area contributed by atoms with Crippen molar-refractivity contribution in [1.82, 2.24) is 4.57 Å². The molecule has 1 atom stereocenters. The monoisotopic (exact) mass is 479 g/mol. The predicted molar refractivity (Wildman–Crippen MR) is 143 cm³/mol. The first kappa shape index (κ1) is 23.0. The highest BCUT2D eigenvalue weighted by atomic mass is 16.3. The Morgan fingerprint density at radius 2 is 1.58 bits per heavy atom. The Kier molecular flexibility index (Phi) is 5.82. The van der Waals surface area contributed by atoms with E-state index in [4.69, 9.17) is 5.73 Å². The number of Topliss-reactive ketones (excluding diaryl/α,β-unsaturated/α-hetero) is 1. The van der Waals surface area contributed by atoms with Crippen LogP contribution in [0.1, 0.15) is 28.4 Å². The zero-order chi connectivity index (χ0) is 25.4. The number of nitrogen functional groups attached to an aromatic ring is 1. The zero-order valence-corrected chi connectivity index (χ0v) is 19.6. The second-order valence-corrected chi connectivity index (χ2v) is 8.74. The first-order chi connectivity index (χ1) is 17.4. The van der Waals surface area contributed by atoms with Crippen molar-refractivity contribution in [2.24, 2.45) is 7.05 Å². The molecule has 0 unspecified atom stereocenters. The molecular weight excluding hydrogens is 454 g/mol. The Bertz CT molecular complexity index is 1690. The lowest BCUT2D eigenvalue weighted by molar-refractivity contribution is 0.0972. The fourth-order valence-electron chi connectivity index (χ4n) is 4.71. The molecule has 5 N–H and O–H groups in total. The molecule has 7 heteroatoms. The Labute approximate surface area is 207 Å². The number of aromatic nitrogens is 1. The average molecular weight is 480 g/mol. The number of phenolic OH excluding ortho intramolecular Hbond substituents is 1. The number of hydrogen-bond donors (Lipinski definition) is 4. The Hall–Kier alpha value is -4.78. The second-order valence-electron chi connectivity index (χ2n) is 8.74. The van der Waals surface area contributed by atoms with Crippen molar-refractivity contribution in [3.05, 3.63) is 106 Å². The van der Waals surface area contributed by atoms with E-state index in [1.807, 2.05) is 30.3 Å². The lowest BCUT2D eigenvalue weighted by atomic mass is 9.92. The number of anilines is 2. The van der Waals surface area contributed by atoms with Gasteiger partial charge in [0, 0.05) is 24.4 Å². The molecule has 0 radical (unpaired) electrons. The van der Waals surface area contributed by atoms with Gasteiger partial charge in [-0.2, -0.15) is 0 Å². The molecule has 0 saturated heterocycles. The normalized spacial score (nSPS) is 12.0. The summed E-state index contributed by atoms with van der Waals surface area (Å²) in [7, 11) is 1.57. The maximum absolute atomic E-state index is 13.7. The number of phenols is 1. The van der Waals surface area contributed by atoms with Crippen LogP contribution in [0.25, 0.3) is 21.7 Å². The second kappa shape index (κ2) is 9.11. The standard InChI is InChI=1S/C29H25N3O4/c1-32-23-13-7-4-10-19(23)28(35)27(29(32)36)25(34)16-22(31-21-12-6-5-11-20(21)30)26-18-9-3-2-8-17(18)14-15-24(26)33/h2-15,22,31,33,35H,16,30H2,1H3/t22-/m1/s1. The number of carbonyl (C=O) groups is 1. The summed E-state index contributed by atoms with van der Waals surface area (Å²) < 4.78 is 1.36. The molecule has 0 aliphatic carbocycles. The molecule has 180 valence electrons. The van der Waals surface area contributed by atoms with Crippen LogP contribution in [-0.2, 0) is 7.05 Å². The minimum atomic E-state index is -0.746. The van der Waals surface area contributed by atoms with Crippen molar-refractivity contribution in [2.75, 3.05) is 11.1 Å². The van der Waals surface area contributed by atoms with Crippen molar-refractivity contribution >= 4 is 38.8 Å². The van der Waals surface area contributed by atoms with Crippen molar-refractivity contribution < 1.29 is 15.0 Å². The molecule has 5 aromatic rings. The van der Waals surface area contributed by atoms with Crippen LogP contribution in [-0.4, -0.2) is 20.6 Å². The van der Waals surface area contributed by atoms with E-state index in [0.29, 0.717) is 27.8 Å². The number of hydrogen-bond acceptors (Lipinski definition) is 6. The molecule has 0 aliphatic rings. The fourth-order valence-corrected chi connectivity index (χ4v) is 4.71. The van der Waals surface area contributed by atoms with Gasteiger partial charge in [0.2, 0.25) is 0 Å². The summed E-state index contributed by atoms with van der Waals surface area (Å²) in [4.78, 5) is 26.8. The van der Waals surface area contributed by atoms with Crippen LogP contribution in [0.5, 0.6) is 11.5 Å². The number of ketones is 1. The Morgan fingerprint density at radius 1 is 0.917 bits per heavy atom. The Morgan fingerprint density at radius 3 is 2.36 bits per heavy atom. The van der Waals surface area contributed by atoms with E-state index in [-0.39, 0.29) is 23.5 Å². The van der Waals surface area contributed by atoms with Gasteiger partial charge in [-0.3, -0.25) is 9.59 Å². The van der Waals surface area contributed by atoms with E-state index in [2.05, 4.69) is 5.32 Å². The minimum absolute atomic E-state index is 0.00383. The average Bonchev–Trinajstić information content (AvgIpc) is 2.88. The van der Waals surface area contributed by atoms with Gasteiger partial charge in [-0.05, 0) is 41.1 Å². The van der Waals surface area contributed by atoms with E-state index < -0.39 is 17.4 Å². The van der Waals surface area contributed by atoms with E-state index in [1.165, 1.54) is 4.57 Å². The maximum Gasteiger partial charge on any atom is 0.265 e. The molecule has 7 nitrogen and oxygen atoms in total. The van der Waals surface area contributed by atoms with E-state index >= 15 is 0 Å². The largest absolute Gasteiger partial charge is 0.508 e. The van der Waals surface area contributed by atoms with Crippen molar-refractivity contribution in [3.63, 3.8) is 0 Å². The number of benzene rings is 4. The molecule has 1 heterocycles. The van der Waals surface area contributed by atoms with Gasteiger partial charge >= 0.3 is 0 Å². The first-order valence-corrected chi connectivity index (χ1v) is 11.5. The van der Waals surface area contributed by atoms with Crippen LogP contribution in [0.3, 0.4) is 0 Å². The summed E-state index contributed by atoms with van der Waals surface area (Å²) in [6, 6.07) is 24.1. The van der Waals surface area contributed by atoms with Crippen LogP contribution in [0.4, 0.5) is 11.4 Å². The predicted octanol–water partition coefficient (Wildman–Crippen LogP) is 5.11. The highest BCUT2D eigenvalue weighted by Crippen LogP contribution is 2.38. The molecule has 0 spiro atoms. The number of nitrogens with zero attached hydrogens (tertiary/aromatic N) is 1. The smallest absolute Gasteiger partial charge is 0.265 e. The molecular formula is C29H25N3O4. The number of nitrogens with one attached hydrogen (secondary N) is 1. The van der Waals surface area contributed by atoms with Crippen LogP contribution in [0, 0.1) is 0 Å². The molecule has 1 aromatic heterocycles. The summed E-state index contributed by atoms with van der Waals surface area (Å²) in [5.74, 6) is -0.902. The summed E-state index contributed by atoms with van der Waals surface area (Å²) in [6.07, 6.45) is -0.211. The SMILES string of the molecule is Cn1c(=O)c(C(=O)C[C@@H](Nc2ccccc2N)c2c(O)ccc3ccccc23)c(O)c2ccccc21. The number of pyridine rings is 1.